The van der Waals surface area contributed by atoms with Gasteiger partial charge in [0.15, 0.2) is 0 Å². The van der Waals surface area contributed by atoms with Crippen LogP contribution in [0, 0.1) is 12.3 Å². The first kappa shape index (κ1) is 10.4. The predicted octanol–water partition coefficient (Wildman–Crippen LogP) is 2.18. The summed E-state index contributed by atoms with van der Waals surface area (Å²) in [5, 5.41) is 8.18. The first-order valence-corrected chi connectivity index (χ1v) is 5.09. The third-order valence-electron chi connectivity index (χ3n) is 2.52. The van der Waals surface area contributed by atoms with E-state index in [0.29, 0.717) is 0 Å². The minimum absolute atomic E-state index is 0.382. The van der Waals surface area contributed by atoms with Crippen LogP contribution in [0.25, 0.3) is 5.69 Å². The smallest absolute Gasteiger partial charge is 0.101 e. The van der Waals surface area contributed by atoms with Crippen molar-refractivity contribution < 1.29 is 0 Å². The summed E-state index contributed by atoms with van der Waals surface area (Å²) in [6.45, 7) is 3.90. The van der Waals surface area contributed by atoms with Crippen molar-refractivity contribution in [3.63, 3.8) is 0 Å². The molecule has 0 radical (unpaired) electrons. The highest BCUT2D eigenvalue weighted by Gasteiger charge is 2.21. The van der Waals surface area contributed by atoms with Crippen LogP contribution in [0.5, 0.6) is 0 Å². The maximum atomic E-state index is 5.46. The number of hydrogen-bond acceptors (Lipinski definition) is 2. The van der Waals surface area contributed by atoms with Crippen molar-refractivity contribution in [1.82, 2.24) is 15.0 Å². The van der Waals surface area contributed by atoms with E-state index in [1.165, 1.54) is 0 Å². The zero-order chi connectivity index (χ0) is 11.6. The Bertz CT molecular complexity index is 518. The Hall–Kier alpha value is -2.08. The normalized spacial score (nSPS) is 11.1. The lowest BCUT2D eigenvalue weighted by atomic mass is 9.91. The molecule has 0 atom stereocenters. The molecule has 0 saturated heterocycles. The second-order valence-corrected chi connectivity index (χ2v) is 4.15. The van der Waals surface area contributed by atoms with E-state index >= 15 is 0 Å². The summed E-state index contributed by atoms with van der Waals surface area (Å²) in [5.41, 5.74) is 1.40. The van der Waals surface area contributed by atoms with Gasteiger partial charge in [0, 0.05) is 0 Å². The summed E-state index contributed by atoms with van der Waals surface area (Å²) < 4.78 is 1.73. The molecule has 0 spiro atoms. The molecular weight excluding hydrogens is 198 g/mol. The van der Waals surface area contributed by atoms with Crippen LogP contribution >= 0.6 is 0 Å². The Labute approximate surface area is 95.1 Å². The molecule has 2 rings (SSSR count). The minimum Gasteiger partial charge on any atom is -0.220 e. The molecule has 0 bridgehead atoms. The van der Waals surface area contributed by atoms with Crippen molar-refractivity contribution in [2.24, 2.45) is 0 Å². The van der Waals surface area contributed by atoms with E-state index in [4.69, 9.17) is 6.42 Å². The number of benzene rings is 1. The van der Waals surface area contributed by atoms with Crippen molar-refractivity contribution in [1.29, 1.82) is 0 Å². The number of aromatic nitrogens is 3. The second kappa shape index (κ2) is 3.82. The molecule has 2 aromatic rings. The molecule has 0 saturated carbocycles. The van der Waals surface area contributed by atoms with Gasteiger partial charge in [0.1, 0.15) is 5.69 Å². The number of hydrogen-bond donors (Lipinski definition) is 0. The largest absolute Gasteiger partial charge is 0.220 e. The summed E-state index contributed by atoms with van der Waals surface area (Å²) >= 11 is 0. The van der Waals surface area contributed by atoms with Crippen LogP contribution in [-0.2, 0) is 5.41 Å². The zero-order valence-corrected chi connectivity index (χ0v) is 9.38. The molecule has 16 heavy (non-hydrogen) atoms. The van der Waals surface area contributed by atoms with E-state index in [2.05, 4.69) is 16.2 Å². The van der Waals surface area contributed by atoms with Crippen LogP contribution in [0.1, 0.15) is 19.5 Å². The molecule has 80 valence electrons. The monoisotopic (exact) mass is 211 g/mol. The quantitative estimate of drug-likeness (QED) is 0.713. The van der Waals surface area contributed by atoms with E-state index in [1.807, 2.05) is 50.4 Å². The van der Waals surface area contributed by atoms with Crippen LogP contribution in [0.15, 0.2) is 36.5 Å². The molecule has 3 heteroatoms. The van der Waals surface area contributed by atoms with Crippen molar-refractivity contribution in [2.45, 2.75) is 19.3 Å². The third-order valence-corrected chi connectivity index (χ3v) is 2.52. The lowest BCUT2D eigenvalue weighted by Crippen LogP contribution is -2.14. The van der Waals surface area contributed by atoms with Crippen LogP contribution in [0.4, 0.5) is 0 Å². The van der Waals surface area contributed by atoms with Gasteiger partial charge in [0.25, 0.3) is 0 Å². The molecule has 0 unspecified atom stereocenters. The van der Waals surface area contributed by atoms with Gasteiger partial charge in [-0.25, -0.2) is 4.68 Å². The molecular formula is C13H13N3. The Morgan fingerprint density at radius 3 is 2.56 bits per heavy atom. The summed E-state index contributed by atoms with van der Waals surface area (Å²) in [7, 11) is 0. The van der Waals surface area contributed by atoms with Gasteiger partial charge in [-0.15, -0.1) is 11.5 Å². The Morgan fingerprint density at radius 2 is 1.94 bits per heavy atom. The second-order valence-electron chi connectivity index (χ2n) is 4.15. The van der Waals surface area contributed by atoms with Crippen molar-refractivity contribution in [3.8, 4) is 18.0 Å². The Balaban J connectivity index is 2.39. The fraction of sp³-hybridized carbons (Fsp3) is 0.231. The lowest BCUT2D eigenvalue weighted by molar-refractivity contribution is 0.664. The van der Waals surface area contributed by atoms with E-state index in [1.54, 1.807) is 4.68 Å². The van der Waals surface area contributed by atoms with Crippen molar-refractivity contribution >= 4 is 0 Å². The number of nitrogens with zero attached hydrogens (tertiary/aromatic N) is 3. The first-order chi connectivity index (χ1) is 7.63. The van der Waals surface area contributed by atoms with Crippen molar-refractivity contribution in [2.75, 3.05) is 0 Å². The topological polar surface area (TPSA) is 30.7 Å². The average molecular weight is 211 g/mol. The molecule has 0 amide bonds. The van der Waals surface area contributed by atoms with Crippen molar-refractivity contribution in [3.05, 3.63) is 42.2 Å². The maximum Gasteiger partial charge on any atom is 0.101 e. The van der Waals surface area contributed by atoms with Gasteiger partial charge in [0.2, 0.25) is 0 Å². The Kier molecular flexibility index (Phi) is 2.49. The molecule has 1 aromatic carbocycles. The predicted molar refractivity (Wildman–Crippen MR) is 63.2 cm³/mol. The highest BCUT2D eigenvalue weighted by Crippen LogP contribution is 2.19. The molecule has 3 nitrogen and oxygen atoms in total. The van der Waals surface area contributed by atoms with E-state index in [-0.39, 0.29) is 5.41 Å². The van der Waals surface area contributed by atoms with E-state index < -0.39 is 0 Å². The van der Waals surface area contributed by atoms with Crippen LogP contribution in [0.2, 0.25) is 0 Å². The zero-order valence-electron chi connectivity index (χ0n) is 9.38. The molecule has 0 N–H and O–H groups in total. The van der Waals surface area contributed by atoms with E-state index in [9.17, 15) is 0 Å². The highest BCUT2D eigenvalue weighted by molar-refractivity contribution is 5.32. The SMILES string of the molecule is C#CC(C)(C)c1cn(-c2ccccc2)nn1. The number of terminal acetylenes is 1. The van der Waals surface area contributed by atoms with Gasteiger partial charge in [-0.1, -0.05) is 29.3 Å². The first-order valence-electron chi connectivity index (χ1n) is 5.09. The molecule has 1 aromatic heterocycles. The van der Waals surface area contributed by atoms with Crippen LogP contribution < -0.4 is 0 Å². The summed E-state index contributed by atoms with van der Waals surface area (Å²) in [4.78, 5) is 0. The summed E-state index contributed by atoms with van der Waals surface area (Å²) in [5.74, 6) is 2.71. The van der Waals surface area contributed by atoms with Gasteiger partial charge >= 0.3 is 0 Å². The average Bonchev–Trinajstić information content (AvgIpc) is 2.80. The van der Waals surface area contributed by atoms with E-state index in [0.717, 1.165) is 11.4 Å². The molecule has 1 heterocycles. The molecule has 0 aliphatic carbocycles. The highest BCUT2D eigenvalue weighted by atomic mass is 15.4. The van der Waals surface area contributed by atoms with Crippen LogP contribution in [0.3, 0.4) is 0 Å². The van der Waals surface area contributed by atoms with Gasteiger partial charge in [-0.05, 0) is 26.0 Å². The molecule has 0 fully saturated rings. The molecule has 0 aliphatic heterocycles. The van der Waals surface area contributed by atoms with Gasteiger partial charge in [0.05, 0.1) is 17.3 Å². The number of rotatable bonds is 2. The summed E-state index contributed by atoms with van der Waals surface area (Å²) in [6.07, 6.45) is 7.33. The lowest BCUT2D eigenvalue weighted by Gasteiger charge is -2.12. The van der Waals surface area contributed by atoms with Gasteiger partial charge in [-0.2, -0.15) is 0 Å². The van der Waals surface area contributed by atoms with Gasteiger partial charge in [-0.3, -0.25) is 0 Å². The van der Waals surface area contributed by atoms with Gasteiger partial charge < -0.3 is 0 Å². The summed E-state index contributed by atoms with van der Waals surface area (Å²) in [6, 6.07) is 9.83. The van der Waals surface area contributed by atoms with Crippen LogP contribution in [-0.4, -0.2) is 15.0 Å². The number of para-hydroxylation sites is 1. The third kappa shape index (κ3) is 1.82. The standard InChI is InChI=1S/C13H13N3/c1-4-13(2,3)12-10-16(15-14-12)11-8-6-5-7-9-11/h1,5-10H,2-3H3. The fourth-order valence-corrected chi connectivity index (χ4v) is 1.33. The maximum absolute atomic E-state index is 5.46. The fourth-order valence-electron chi connectivity index (χ4n) is 1.33. The molecule has 0 aliphatic rings. The minimum atomic E-state index is -0.382. The Morgan fingerprint density at radius 1 is 1.25 bits per heavy atom.